The summed E-state index contributed by atoms with van der Waals surface area (Å²) in [7, 11) is 0. The number of carbonyl (C=O) groups excluding carboxylic acids is 2. The van der Waals surface area contributed by atoms with Crippen molar-refractivity contribution >= 4 is 17.9 Å². The lowest BCUT2D eigenvalue weighted by atomic mass is 10.0. The molecule has 1 heterocycles. The standard InChI is InChI=1S/C11H16N2O2/c1-3-6-10(15)13-11(9(14)4-2)7-5-8-12-11/h5,7-8H,3-4,6H2,1-2H3,(H,13,15). The fourth-order valence-electron chi connectivity index (χ4n) is 1.47. The van der Waals surface area contributed by atoms with Gasteiger partial charge in [0.15, 0.2) is 5.78 Å². The van der Waals surface area contributed by atoms with E-state index in [-0.39, 0.29) is 11.7 Å². The van der Waals surface area contributed by atoms with Crippen molar-refractivity contribution in [2.75, 3.05) is 0 Å². The predicted octanol–water partition coefficient (Wildman–Crippen LogP) is 1.22. The molecule has 82 valence electrons. The van der Waals surface area contributed by atoms with E-state index in [4.69, 9.17) is 0 Å². The number of allylic oxidation sites excluding steroid dienone is 1. The third-order valence-electron chi connectivity index (χ3n) is 2.25. The van der Waals surface area contributed by atoms with E-state index in [9.17, 15) is 9.59 Å². The van der Waals surface area contributed by atoms with E-state index in [0.29, 0.717) is 12.8 Å². The molecule has 1 aliphatic rings. The molecule has 1 amide bonds. The van der Waals surface area contributed by atoms with Crippen LogP contribution in [-0.4, -0.2) is 23.6 Å². The van der Waals surface area contributed by atoms with Gasteiger partial charge in [-0.2, -0.15) is 0 Å². The maximum Gasteiger partial charge on any atom is 0.222 e. The SMILES string of the molecule is CCCC(=O)NC1(C(=O)CC)C=CC=N1. The molecule has 4 heteroatoms. The normalized spacial score (nSPS) is 23.1. The van der Waals surface area contributed by atoms with E-state index in [0.717, 1.165) is 6.42 Å². The molecule has 1 aliphatic heterocycles. The van der Waals surface area contributed by atoms with Crippen molar-refractivity contribution in [1.82, 2.24) is 5.32 Å². The Balaban J connectivity index is 2.76. The van der Waals surface area contributed by atoms with Crippen LogP contribution in [0, 0.1) is 0 Å². The van der Waals surface area contributed by atoms with Gasteiger partial charge < -0.3 is 5.32 Å². The predicted molar refractivity (Wildman–Crippen MR) is 58.7 cm³/mol. The monoisotopic (exact) mass is 208 g/mol. The second-order valence-electron chi connectivity index (χ2n) is 3.48. The van der Waals surface area contributed by atoms with Crippen LogP contribution in [0.5, 0.6) is 0 Å². The maximum atomic E-state index is 11.7. The fourth-order valence-corrected chi connectivity index (χ4v) is 1.47. The molecular formula is C11H16N2O2. The highest BCUT2D eigenvalue weighted by atomic mass is 16.2. The summed E-state index contributed by atoms with van der Waals surface area (Å²) in [6.45, 7) is 3.68. The summed E-state index contributed by atoms with van der Waals surface area (Å²) in [6, 6.07) is 0. The number of nitrogens with one attached hydrogen (secondary N) is 1. The minimum absolute atomic E-state index is 0.0862. The van der Waals surface area contributed by atoms with Gasteiger partial charge in [0, 0.05) is 19.1 Å². The summed E-state index contributed by atoms with van der Waals surface area (Å²) in [5.41, 5.74) is -1.12. The van der Waals surface area contributed by atoms with Crippen molar-refractivity contribution in [3.63, 3.8) is 0 Å². The van der Waals surface area contributed by atoms with Crippen molar-refractivity contribution in [2.45, 2.75) is 38.8 Å². The Morgan fingerprint density at radius 1 is 1.40 bits per heavy atom. The molecule has 0 radical (unpaired) electrons. The topological polar surface area (TPSA) is 58.5 Å². The lowest BCUT2D eigenvalue weighted by molar-refractivity contribution is -0.130. The molecule has 1 unspecified atom stereocenters. The van der Waals surface area contributed by atoms with E-state index < -0.39 is 5.66 Å². The van der Waals surface area contributed by atoms with Crippen LogP contribution in [0.4, 0.5) is 0 Å². The Morgan fingerprint density at radius 3 is 2.60 bits per heavy atom. The average molecular weight is 208 g/mol. The number of nitrogens with zero attached hydrogens (tertiary/aromatic N) is 1. The van der Waals surface area contributed by atoms with Gasteiger partial charge in [0.1, 0.15) is 0 Å². The third-order valence-corrected chi connectivity index (χ3v) is 2.25. The van der Waals surface area contributed by atoms with Crippen LogP contribution < -0.4 is 5.32 Å². The molecule has 0 saturated carbocycles. The first-order valence-corrected chi connectivity index (χ1v) is 5.22. The number of amides is 1. The maximum absolute atomic E-state index is 11.7. The first-order valence-electron chi connectivity index (χ1n) is 5.22. The molecule has 0 spiro atoms. The number of ketones is 1. The van der Waals surface area contributed by atoms with Gasteiger partial charge in [-0.25, -0.2) is 0 Å². The molecule has 0 aliphatic carbocycles. The van der Waals surface area contributed by atoms with Crippen LogP contribution in [-0.2, 0) is 9.59 Å². The van der Waals surface area contributed by atoms with Gasteiger partial charge in [-0.3, -0.25) is 14.6 Å². The zero-order chi connectivity index (χ0) is 11.3. The summed E-state index contributed by atoms with van der Waals surface area (Å²) in [4.78, 5) is 27.2. The van der Waals surface area contributed by atoms with Crippen LogP contribution in [0.2, 0.25) is 0 Å². The summed E-state index contributed by atoms with van der Waals surface area (Å²) in [5, 5.41) is 2.67. The zero-order valence-corrected chi connectivity index (χ0v) is 9.12. The minimum atomic E-state index is -1.12. The summed E-state index contributed by atoms with van der Waals surface area (Å²) < 4.78 is 0. The van der Waals surface area contributed by atoms with Crippen LogP contribution in [0.3, 0.4) is 0 Å². The molecule has 1 rings (SSSR count). The molecule has 0 aromatic rings. The highest BCUT2D eigenvalue weighted by Gasteiger charge is 2.36. The molecule has 1 atom stereocenters. The highest BCUT2D eigenvalue weighted by molar-refractivity contribution is 5.98. The summed E-state index contributed by atoms with van der Waals surface area (Å²) >= 11 is 0. The first-order chi connectivity index (χ1) is 7.14. The molecule has 0 saturated heterocycles. The van der Waals surface area contributed by atoms with Crippen LogP contribution in [0.1, 0.15) is 33.1 Å². The quantitative estimate of drug-likeness (QED) is 0.738. The van der Waals surface area contributed by atoms with Crippen molar-refractivity contribution in [2.24, 2.45) is 4.99 Å². The first kappa shape index (κ1) is 11.6. The molecule has 0 fully saturated rings. The highest BCUT2D eigenvalue weighted by Crippen LogP contribution is 2.17. The molecule has 15 heavy (non-hydrogen) atoms. The molecule has 4 nitrogen and oxygen atoms in total. The molecular weight excluding hydrogens is 192 g/mol. The number of carbonyl (C=O) groups is 2. The van der Waals surface area contributed by atoms with Gasteiger partial charge in [-0.1, -0.05) is 13.8 Å². The van der Waals surface area contributed by atoms with Crippen LogP contribution >= 0.6 is 0 Å². The number of rotatable bonds is 5. The van der Waals surface area contributed by atoms with E-state index in [2.05, 4.69) is 10.3 Å². The van der Waals surface area contributed by atoms with Crippen molar-refractivity contribution in [1.29, 1.82) is 0 Å². The van der Waals surface area contributed by atoms with Gasteiger partial charge in [0.25, 0.3) is 0 Å². The average Bonchev–Trinajstić information content (AvgIpc) is 2.66. The van der Waals surface area contributed by atoms with Crippen LogP contribution in [0.25, 0.3) is 0 Å². The Labute approximate surface area is 89.5 Å². The number of Topliss-reactive ketones (excluding diaryl/α,β-unsaturated/α-hetero) is 1. The van der Waals surface area contributed by atoms with Gasteiger partial charge in [-0.15, -0.1) is 0 Å². The number of hydrogen-bond donors (Lipinski definition) is 1. The number of hydrogen-bond acceptors (Lipinski definition) is 3. The van der Waals surface area contributed by atoms with Gasteiger partial charge in [-0.05, 0) is 18.6 Å². The third kappa shape index (κ3) is 2.52. The number of aliphatic imine (C=N–C) groups is 1. The summed E-state index contributed by atoms with van der Waals surface area (Å²) in [5.74, 6) is -0.222. The smallest absolute Gasteiger partial charge is 0.222 e. The minimum Gasteiger partial charge on any atom is -0.322 e. The van der Waals surface area contributed by atoms with Crippen molar-refractivity contribution < 1.29 is 9.59 Å². The van der Waals surface area contributed by atoms with Crippen molar-refractivity contribution in [3.8, 4) is 0 Å². The van der Waals surface area contributed by atoms with Crippen molar-refractivity contribution in [3.05, 3.63) is 12.2 Å². The second-order valence-corrected chi connectivity index (χ2v) is 3.48. The van der Waals surface area contributed by atoms with E-state index >= 15 is 0 Å². The molecule has 1 N–H and O–H groups in total. The van der Waals surface area contributed by atoms with E-state index in [1.54, 1.807) is 25.3 Å². The van der Waals surface area contributed by atoms with Crippen LogP contribution in [0.15, 0.2) is 17.1 Å². The Bertz CT molecular complexity index is 307. The molecule has 0 aromatic carbocycles. The fraction of sp³-hybridized carbons (Fsp3) is 0.545. The molecule has 0 aromatic heterocycles. The lowest BCUT2D eigenvalue weighted by Crippen LogP contribution is -2.50. The summed E-state index contributed by atoms with van der Waals surface area (Å²) in [6.07, 6.45) is 6.39. The Morgan fingerprint density at radius 2 is 2.13 bits per heavy atom. The largest absolute Gasteiger partial charge is 0.322 e. The van der Waals surface area contributed by atoms with Gasteiger partial charge in [0.2, 0.25) is 11.6 Å². The van der Waals surface area contributed by atoms with E-state index in [1.165, 1.54) is 0 Å². The Kier molecular flexibility index (Phi) is 3.77. The van der Waals surface area contributed by atoms with Gasteiger partial charge in [0.05, 0.1) is 0 Å². The lowest BCUT2D eigenvalue weighted by Gasteiger charge is -2.23. The Hall–Kier alpha value is -1.45. The molecule has 0 bridgehead atoms. The second kappa shape index (κ2) is 4.87. The zero-order valence-electron chi connectivity index (χ0n) is 9.12. The van der Waals surface area contributed by atoms with Gasteiger partial charge >= 0.3 is 0 Å². The van der Waals surface area contributed by atoms with E-state index in [1.807, 2.05) is 6.92 Å².